The highest BCUT2D eigenvalue weighted by molar-refractivity contribution is 6.29. The first-order valence-corrected chi connectivity index (χ1v) is 5.33. The Morgan fingerprint density at radius 1 is 1.59 bits per heavy atom. The summed E-state index contributed by atoms with van der Waals surface area (Å²) in [7, 11) is 1.64. The van der Waals surface area contributed by atoms with Crippen LogP contribution in [0.5, 0.6) is 0 Å². The first-order valence-electron chi connectivity index (χ1n) is 4.95. The van der Waals surface area contributed by atoms with Crippen molar-refractivity contribution in [1.82, 2.24) is 20.1 Å². The molecule has 0 aliphatic rings. The maximum atomic E-state index is 11.9. The van der Waals surface area contributed by atoms with E-state index < -0.39 is 0 Å². The van der Waals surface area contributed by atoms with Crippen molar-refractivity contribution in [2.24, 2.45) is 0 Å². The lowest BCUT2D eigenvalue weighted by atomic mass is 10.4. The number of nitrogens with one attached hydrogen (secondary N) is 1. The molecule has 0 bridgehead atoms. The summed E-state index contributed by atoms with van der Waals surface area (Å²) in [5, 5.41) is 6.85. The van der Waals surface area contributed by atoms with Gasteiger partial charge in [0.2, 0.25) is 0 Å². The average molecular weight is 255 g/mol. The molecule has 0 fully saturated rings. The van der Waals surface area contributed by atoms with Crippen LogP contribution in [0.2, 0.25) is 5.22 Å². The first kappa shape index (κ1) is 11.7. The van der Waals surface area contributed by atoms with Gasteiger partial charge in [-0.15, -0.1) is 0 Å². The number of furan rings is 1. The summed E-state index contributed by atoms with van der Waals surface area (Å²) in [6.07, 6.45) is 0. The first-order chi connectivity index (χ1) is 8.06. The minimum Gasteiger partial charge on any atom is -0.440 e. The molecule has 0 atom stereocenters. The summed E-state index contributed by atoms with van der Waals surface area (Å²) in [5.41, 5.74) is 0. The van der Waals surface area contributed by atoms with Gasteiger partial charge in [-0.3, -0.25) is 9.89 Å². The van der Waals surface area contributed by atoms with Crippen LogP contribution < -0.4 is 0 Å². The van der Waals surface area contributed by atoms with Crippen molar-refractivity contribution in [3.05, 3.63) is 34.8 Å². The number of rotatable bonds is 3. The van der Waals surface area contributed by atoms with Crippen LogP contribution in [-0.2, 0) is 6.54 Å². The second-order valence-corrected chi connectivity index (χ2v) is 3.97. The molecule has 0 saturated carbocycles. The van der Waals surface area contributed by atoms with E-state index in [4.69, 9.17) is 16.0 Å². The average Bonchev–Trinajstić information content (AvgIpc) is 2.87. The van der Waals surface area contributed by atoms with Crippen molar-refractivity contribution < 1.29 is 9.21 Å². The lowest BCUT2D eigenvalue weighted by molar-refractivity contribution is 0.0750. The van der Waals surface area contributed by atoms with E-state index in [1.54, 1.807) is 14.0 Å². The van der Waals surface area contributed by atoms with Gasteiger partial charge in [0, 0.05) is 7.05 Å². The van der Waals surface area contributed by atoms with Gasteiger partial charge in [-0.1, -0.05) is 0 Å². The second-order valence-electron chi connectivity index (χ2n) is 3.60. The molecular weight excluding hydrogens is 244 g/mol. The van der Waals surface area contributed by atoms with Crippen LogP contribution in [0.15, 0.2) is 16.5 Å². The third kappa shape index (κ3) is 2.65. The molecule has 2 heterocycles. The Balaban J connectivity index is 2.05. The Morgan fingerprint density at radius 3 is 2.88 bits per heavy atom. The van der Waals surface area contributed by atoms with Gasteiger partial charge < -0.3 is 9.32 Å². The molecule has 0 radical (unpaired) electrons. The highest BCUT2D eigenvalue weighted by Crippen LogP contribution is 2.15. The van der Waals surface area contributed by atoms with Crippen molar-refractivity contribution in [3.63, 3.8) is 0 Å². The fourth-order valence-electron chi connectivity index (χ4n) is 1.36. The zero-order chi connectivity index (χ0) is 12.4. The predicted molar refractivity (Wildman–Crippen MR) is 60.6 cm³/mol. The largest absolute Gasteiger partial charge is 0.440 e. The van der Waals surface area contributed by atoms with Gasteiger partial charge >= 0.3 is 0 Å². The summed E-state index contributed by atoms with van der Waals surface area (Å²) >= 11 is 5.61. The van der Waals surface area contributed by atoms with Gasteiger partial charge in [-0.2, -0.15) is 5.10 Å². The standard InChI is InChI=1S/C10H11ClN4O2/c1-6-12-9(14-13-6)5-15(2)10(16)7-3-4-8(11)17-7/h3-4H,5H2,1-2H3,(H,12,13,14). The van der Waals surface area contributed by atoms with Crippen molar-refractivity contribution in [3.8, 4) is 0 Å². The molecule has 2 aromatic rings. The van der Waals surface area contributed by atoms with Gasteiger partial charge in [-0.05, 0) is 30.7 Å². The molecule has 2 aromatic heterocycles. The number of carbonyl (C=O) groups excluding carboxylic acids is 1. The Labute approximate surface area is 103 Å². The summed E-state index contributed by atoms with van der Waals surface area (Å²) in [6.45, 7) is 2.10. The van der Waals surface area contributed by atoms with Crippen LogP contribution >= 0.6 is 11.6 Å². The lowest BCUT2D eigenvalue weighted by Crippen LogP contribution is -2.26. The molecule has 0 unspecified atom stereocenters. The van der Waals surface area contributed by atoms with Crippen LogP contribution in [0.1, 0.15) is 22.2 Å². The number of aromatic nitrogens is 3. The number of aryl methyl sites for hydroxylation is 1. The van der Waals surface area contributed by atoms with E-state index in [9.17, 15) is 4.79 Å². The third-order valence-corrected chi connectivity index (χ3v) is 2.36. The van der Waals surface area contributed by atoms with E-state index in [1.807, 2.05) is 0 Å². The van der Waals surface area contributed by atoms with Gasteiger partial charge in [0.15, 0.2) is 16.8 Å². The van der Waals surface area contributed by atoms with Crippen molar-refractivity contribution in [2.75, 3.05) is 7.05 Å². The van der Waals surface area contributed by atoms with E-state index in [2.05, 4.69) is 15.2 Å². The zero-order valence-corrected chi connectivity index (χ0v) is 10.2. The van der Waals surface area contributed by atoms with Crippen LogP contribution in [0.4, 0.5) is 0 Å². The molecule has 0 aromatic carbocycles. The summed E-state index contributed by atoms with van der Waals surface area (Å²) in [6, 6.07) is 3.06. The smallest absolute Gasteiger partial charge is 0.289 e. The topological polar surface area (TPSA) is 75.0 Å². The normalized spacial score (nSPS) is 10.5. The Morgan fingerprint density at radius 2 is 2.35 bits per heavy atom. The maximum absolute atomic E-state index is 11.9. The highest BCUT2D eigenvalue weighted by atomic mass is 35.5. The Kier molecular flexibility index (Phi) is 3.14. The van der Waals surface area contributed by atoms with E-state index in [1.165, 1.54) is 17.0 Å². The fraction of sp³-hybridized carbons (Fsp3) is 0.300. The van der Waals surface area contributed by atoms with E-state index >= 15 is 0 Å². The molecule has 1 amide bonds. The molecule has 0 spiro atoms. The Bertz CT molecular complexity index is 534. The number of H-pyrrole nitrogens is 1. The quantitative estimate of drug-likeness (QED) is 0.903. The summed E-state index contributed by atoms with van der Waals surface area (Å²) in [5.74, 6) is 1.20. The molecule has 90 valence electrons. The summed E-state index contributed by atoms with van der Waals surface area (Å²) in [4.78, 5) is 17.4. The minimum absolute atomic E-state index is 0.190. The number of amides is 1. The number of hydrogen-bond donors (Lipinski definition) is 1. The highest BCUT2D eigenvalue weighted by Gasteiger charge is 2.17. The van der Waals surface area contributed by atoms with Crippen LogP contribution in [0, 0.1) is 6.92 Å². The summed E-state index contributed by atoms with van der Waals surface area (Å²) < 4.78 is 5.03. The SMILES string of the molecule is Cc1nc(CN(C)C(=O)c2ccc(Cl)o2)n[nH]1. The zero-order valence-electron chi connectivity index (χ0n) is 9.40. The number of hydrogen-bond acceptors (Lipinski definition) is 4. The van der Waals surface area contributed by atoms with Crippen LogP contribution in [-0.4, -0.2) is 33.0 Å². The monoisotopic (exact) mass is 254 g/mol. The molecule has 0 saturated heterocycles. The predicted octanol–water partition coefficient (Wildman–Crippen LogP) is 1.63. The molecule has 6 nitrogen and oxygen atoms in total. The molecule has 1 N–H and O–H groups in total. The maximum Gasteiger partial charge on any atom is 0.289 e. The van der Waals surface area contributed by atoms with Gasteiger partial charge in [0.05, 0.1) is 6.54 Å². The number of halogens is 1. The van der Waals surface area contributed by atoms with E-state index in [0.29, 0.717) is 18.2 Å². The molecule has 0 aliphatic carbocycles. The number of aromatic amines is 1. The molecule has 7 heteroatoms. The number of nitrogens with zero attached hydrogens (tertiary/aromatic N) is 3. The van der Waals surface area contributed by atoms with Gasteiger partial charge in [0.25, 0.3) is 5.91 Å². The second kappa shape index (κ2) is 4.58. The van der Waals surface area contributed by atoms with Crippen LogP contribution in [0.3, 0.4) is 0 Å². The molecule has 0 aliphatic heterocycles. The number of carbonyl (C=O) groups is 1. The van der Waals surface area contributed by atoms with Gasteiger partial charge in [0.1, 0.15) is 5.82 Å². The molecular formula is C10H11ClN4O2. The minimum atomic E-state index is -0.264. The fourth-order valence-corrected chi connectivity index (χ4v) is 1.51. The lowest BCUT2D eigenvalue weighted by Gasteiger charge is -2.12. The Hall–Kier alpha value is -1.82. The van der Waals surface area contributed by atoms with Gasteiger partial charge in [-0.25, -0.2) is 4.98 Å². The van der Waals surface area contributed by atoms with Crippen molar-refractivity contribution in [1.29, 1.82) is 0 Å². The van der Waals surface area contributed by atoms with Crippen molar-refractivity contribution >= 4 is 17.5 Å². The molecule has 17 heavy (non-hydrogen) atoms. The van der Waals surface area contributed by atoms with E-state index in [-0.39, 0.29) is 16.9 Å². The third-order valence-electron chi connectivity index (χ3n) is 2.15. The van der Waals surface area contributed by atoms with Crippen molar-refractivity contribution in [2.45, 2.75) is 13.5 Å². The molecule has 2 rings (SSSR count). The van der Waals surface area contributed by atoms with E-state index in [0.717, 1.165) is 0 Å². The van der Waals surface area contributed by atoms with Crippen LogP contribution in [0.25, 0.3) is 0 Å².